The summed E-state index contributed by atoms with van der Waals surface area (Å²) in [5.74, 6) is 1.61. The normalized spacial score (nSPS) is 29.9. The third kappa shape index (κ3) is 2.92. The molecule has 3 nitrogen and oxygen atoms in total. The Morgan fingerprint density at radius 2 is 2.10 bits per heavy atom. The number of piperazine rings is 1. The van der Waals surface area contributed by atoms with Gasteiger partial charge in [0.05, 0.1) is 6.04 Å². The number of nitrogens with zero attached hydrogens (tertiary/aromatic N) is 2. The molecule has 1 aromatic rings. The summed E-state index contributed by atoms with van der Waals surface area (Å²) in [7, 11) is 0. The molecule has 0 bridgehead atoms. The van der Waals surface area contributed by atoms with Crippen LogP contribution in [-0.4, -0.2) is 35.1 Å². The van der Waals surface area contributed by atoms with Gasteiger partial charge in [-0.1, -0.05) is 13.8 Å². The summed E-state index contributed by atoms with van der Waals surface area (Å²) in [6.07, 6.45) is 2.84. The Bertz CT molecular complexity index is 452. The van der Waals surface area contributed by atoms with E-state index in [-0.39, 0.29) is 0 Å². The van der Waals surface area contributed by atoms with Crippen LogP contribution in [-0.2, 0) is 0 Å². The molecule has 3 atom stereocenters. The summed E-state index contributed by atoms with van der Waals surface area (Å²) in [6.45, 7) is 11.4. The quantitative estimate of drug-likeness (QED) is 0.924. The van der Waals surface area contributed by atoms with Crippen LogP contribution in [0.5, 0.6) is 0 Å². The monoisotopic (exact) mass is 293 g/mol. The first-order valence-electron chi connectivity index (χ1n) is 7.97. The molecule has 2 fully saturated rings. The van der Waals surface area contributed by atoms with E-state index in [4.69, 9.17) is 4.98 Å². The van der Waals surface area contributed by atoms with Crippen molar-refractivity contribution in [1.82, 2.24) is 15.2 Å². The summed E-state index contributed by atoms with van der Waals surface area (Å²) >= 11 is 1.82. The van der Waals surface area contributed by atoms with E-state index in [0.29, 0.717) is 24.0 Å². The van der Waals surface area contributed by atoms with Crippen LogP contribution >= 0.6 is 11.3 Å². The van der Waals surface area contributed by atoms with Gasteiger partial charge in [-0.3, -0.25) is 4.90 Å². The molecule has 3 rings (SSSR count). The van der Waals surface area contributed by atoms with Crippen molar-refractivity contribution in [2.24, 2.45) is 11.8 Å². The Morgan fingerprint density at radius 3 is 2.65 bits per heavy atom. The lowest BCUT2D eigenvalue weighted by Gasteiger charge is -2.45. The van der Waals surface area contributed by atoms with E-state index < -0.39 is 0 Å². The number of rotatable bonds is 4. The fourth-order valence-corrected chi connectivity index (χ4v) is 4.27. The zero-order valence-electron chi connectivity index (χ0n) is 13.1. The summed E-state index contributed by atoms with van der Waals surface area (Å²) in [5.41, 5.74) is 1.16. The smallest absolute Gasteiger partial charge is 0.110 e. The van der Waals surface area contributed by atoms with Gasteiger partial charge in [0.15, 0.2) is 0 Å². The molecule has 1 aliphatic carbocycles. The van der Waals surface area contributed by atoms with E-state index in [1.54, 1.807) is 0 Å². The Hall–Kier alpha value is -0.450. The number of nitrogens with one attached hydrogen (secondary N) is 1. The van der Waals surface area contributed by atoms with Crippen molar-refractivity contribution in [2.75, 3.05) is 13.1 Å². The molecule has 112 valence electrons. The number of hydrogen-bond donors (Lipinski definition) is 1. The zero-order valence-corrected chi connectivity index (χ0v) is 13.9. The minimum Gasteiger partial charge on any atom is -0.311 e. The molecule has 0 aromatic carbocycles. The Morgan fingerprint density at radius 1 is 1.35 bits per heavy atom. The van der Waals surface area contributed by atoms with Crippen LogP contribution in [0.1, 0.15) is 50.4 Å². The van der Waals surface area contributed by atoms with Crippen LogP contribution in [0.3, 0.4) is 0 Å². The van der Waals surface area contributed by atoms with Crippen molar-refractivity contribution in [2.45, 2.75) is 58.7 Å². The molecular formula is C16H27N3S. The summed E-state index contributed by atoms with van der Waals surface area (Å²) in [5, 5.41) is 7.25. The first kappa shape index (κ1) is 14.5. The van der Waals surface area contributed by atoms with Gasteiger partial charge in [0.2, 0.25) is 0 Å². The van der Waals surface area contributed by atoms with Gasteiger partial charge in [0.1, 0.15) is 5.01 Å². The first-order chi connectivity index (χ1) is 9.56. The fourth-order valence-electron chi connectivity index (χ4n) is 3.40. The maximum atomic E-state index is 4.72. The van der Waals surface area contributed by atoms with Crippen LogP contribution in [0, 0.1) is 18.8 Å². The van der Waals surface area contributed by atoms with Gasteiger partial charge in [0, 0.05) is 36.2 Å². The lowest BCUT2D eigenvalue weighted by atomic mass is 9.95. The number of thiazole rings is 1. The van der Waals surface area contributed by atoms with Crippen molar-refractivity contribution in [1.29, 1.82) is 0 Å². The van der Waals surface area contributed by atoms with E-state index >= 15 is 0 Å². The molecule has 1 saturated carbocycles. The highest BCUT2D eigenvalue weighted by Crippen LogP contribution is 2.37. The lowest BCUT2D eigenvalue weighted by Crippen LogP contribution is -2.59. The SMILES string of the molecule is Cc1csc(C(C)N2CC(C3CC3)NCC2C(C)C)n1. The van der Waals surface area contributed by atoms with Crippen LogP contribution < -0.4 is 5.32 Å². The highest BCUT2D eigenvalue weighted by molar-refractivity contribution is 7.09. The van der Waals surface area contributed by atoms with Gasteiger partial charge < -0.3 is 5.32 Å². The third-order valence-corrected chi connectivity index (χ3v) is 6.01. The topological polar surface area (TPSA) is 28.2 Å². The molecule has 0 radical (unpaired) electrons. The van der Waals surface area contributed by atoms with Crippen molar-refractivity contribution in [3.05, 3.63) is 16.1 Å². The Kier molecular flexibility index (Phi) is 4.16. The lowest BCUT2D eigenvalue weighted by molar-refractivity contribution is 0.0568. The van der Waals surface area contributed by atoms with Crippen LogP contribution in [0.25, 0.3) is 0 Å². The second kappa shape index (κ2) is 5.74. The van der Waals surface area contributed by atoms with E-state index in [1.165, 1.54) is 24.4 Å². The minimum absolute atomic E-state index is 0.449. The number of hydrogen-bond acceptors (Lipinski definition) is 4. The minimum atomic E-state index is 0.449. The average molecular weight is 293 g/mol. The van der Waals surface area contributed by atoms with Crippen molar-refractivity contribution in [3.63, 3.8) is 0 Å². The Labute approximate surface area is 126 Å². The van der Waals surface area contributed by atoms with Gasteiger partial charge in [-0.05, 0) is 38.5 Å². The summed E-state index contributed by atoms with van der Waals surface area (Å²) in [4.78, 5) is 7.43. The molecular weight excluding hydrogens is 266 g/mol. The van der Waals surface area contributed by atoms with Crippen LogP contribution in [0.15, 0.2) is 5.38 Å². The average Bonchev–Trinajstić information content (AvgIpc) is 3.19. The van der Waals surface area contributed by atoms with Crippen molar-refractivity contribution < 1.29 is 0 Å². The molecule has 3 unspecified atom stereocenters. The van der Waals surface area contributed by atoms with Crippen molar-refractivity contribution >= 4 is 11.3 Å². The first-order valence-corrected chi connectivity index (χ1v) is 8.85. The van der Waals surface area contributed by atoms with Gasteiger partial charge in [-0.2, -0.15) is 0 Å². The third-order valence-electron chi connectivity index (χ3n) is 4.87. The maximum absolute atomic E-state index is 4.72. The molecule has 0 amide bonds. The van der Waals surface area contributed by atoms with Crippen LogP contribution in [0.4, 0.5) is 0 Å². The Balaban J connectivity index is 1.77. The van der Waals surface area contributed by atoms with Gasteiger partial charge >= 0.3 is 0 Å². The zero-order chi connectivity index (χ0) is 14.3. The van der Waals surface area contributed by atoms with E-state index in [1.807, 2.05) is 11.3 Å². The van der Waals surface area contributed by atoms with Gasteiger partial charge in [-0.25, -0.2) is 4.98 Å². The van der Waals surface area contributed by atoms with Gasteiger partial charge in [0.25, 0.3) is 0 Å². The predicted octanol–water partition coefficient (Wildman–Crippen LogP) is 3.22. The molecule has 1 aliphatic heterocycles. The van der Waals surface area contributed by atoms with E-state index in [0.717, 1.165) is 18.2 Å². The molecule has 4 heteroatoms. The second-order valence-electron chi connectivity index (χ2n) is 6.86. The second-order valence-corrected chi connectivity index (χ2v) is 7.75. The highest BCUT2D eigenvalue weighted by atomic mass is 32.1. The van der Waals surface area contributed by atoms with E-state index in [2.05, 4.69) is 43.3 Å². The number of aromatic nitrogens is 1. The molecule has 0 spiro atoms. The predicted molar refractivity (Wildman–Crippen MR) is 85.1 cm³/mol. The van der Waals surface area contributed by atoms with E-state index in [9.17, 15) is 0 Å². The number of aryl methyl sites for hydroxylation is 1. The molecule has 20 heavy (non-hydrogen) atoms. The van der Waals surface area contributed by atoms with Crippen LogP contribution in [0.2, 0.25) is 0 Å². The molecule has 1 saturated heterocycles. The summed E-state index contributed by atoms with van der Waals surface area (Å²) in [6, 6.07) is 1.78. The maximum Gasteiger partial charge on any atom is 0.110 e. The van der Waals surface area contributed by atoms with Gasteiger partial charge in [-0.15, -0.1) is 11.3 Å². The standard InChI is InChI=1S/C16H27N3S/c1-10(2)15-7-17-14(13-5-6-13)8-19(15)12(4)16-18-11(3)9-20-16/h9-10,12-15,17H,5-8H2,1-4H3. The molecule has 2 aliphatic rings. The largest absolute Gasteiger partial charge is 0.311 e. The summed E-state index contributed by atoms with van der Waals surface area (Å²) < 4.78 is 0. The molecule has 1 aromatic heterocycles. The fraction of sp³-hybridized carbons (Fsp3) is 0.812. The highest BCUT2D eigenvalue weighted by Gasteiger charge is 2.40. The molecule has 1 N–H and O–H groups in total. The van der Waals surface area contributed by atoms with Crippen molar-refractivity contribution in [3.8, 4) is 0 Å². The molecule has 2 heterocycles.